The molecule has 0 radical (unpaired) electrons. The predicted octanol–water partition coefficient (Wildman–Crippen LogP) is 12.4. The molecule has 8 aromatic carbocycles. The Bertz CT molecular complexity index is 2780. The monoisotopic (exact) mass is 575 g/mol. The van der Waals surface area contributed by atoms with Crippen molar-refractivity contribution in [1.29, 1.82) is 0 Å². The first-order valence-electron chi connectivity index (χ1n) is 15.3. The number of hydrogen-bond acceptors (Lipinski definition) is 3. The van der Waals surface area contributed by atoms with Crippen molar-refractivity contribution in [2.45, 2.75) is 0 Å². The Morgan fingerprint density at radius 1 is 0.333 bits per heavy atom. The molecule has 45 heavy (non-hydrogen) atoms. The summed E-state index contributed by atoms with van der Waals surface area (Å²) in [6.07, 6.45) is 0. The number of nitrogens with zero attached hydrogens (tertiary/aromatic N) is 1. The zero-order chi connectivity index (χ0) is 29.5. The highest BCUT2D eigenvalue weighted by Crippen LogP contribution is 2.47. The summed E-state index contributed by atoms with van der Waals surface area (Å²) in [5, 5.41) is 11.5. The first-order valence-corrected chi connectivity index (χ1v) is 15.3. The third-order valence-corrected chi connectivity index (χ3v) is 9.21. The number of rotatable bonds is 3. The molecule has 0 aliphatic heterocycles. The van der Waals surface area contributed by atoms with Crippen LogP contribution in [0, 0.1) is 0 Å². The minimum atomic E-state index is 0.859. The van der Waals surface area contributed by atoms with Crippen molar-refractivity contribution in [3.63, 3.8) is 0 Å². The van der Waals surface area contributed by atoms with Crippen molar-refractivity contribution in [2.75, 3.05) is 4.90 Å². The Labute approximate surface area is 258 Å². The molecular formula is C42H25NO2. The van der Waals surface area contributed by atoms with Crippen LogP contribution in [0.4, 0.5) is 17.1 Å². The minimum Gasteiger partial charge on any atom is -0.456 e. The molecule has 2 heterocycles. The van der Waals surface area contributed by atoms with Crippen LogP contribution in [-0.2, 0) is 0 Å². The van der Waals surface area contributed by atoms with E-state index in [1.807, 2.05) is 12.1 Å². The summed E-state index contributed by atoms with van der Waals surface area (Å²) in [5.41, 5.74) is 6.64. The van der Waals surface area contributed by atoms with Gasteiger partial charge in [0.25, 0.3) is 0 Å². The van der Waals surface area contributed by atoms with Crippen LogP contribution in [0.25, 0.3) is 76.2 Å². The summed E-state index contributed by atoms with van der Waals surface area (Å²) in [5.74, 6) is 0. The maximum Gasteiger partial charge on any atom is 0.159 e. The lowest BCUT2D eigenvalue weighted by Gasteiger charge is -2.27. The van der Waals surface area contributed by atoms with Gasteiger partial charge >= 0.3 is 0 Å². The van der Waals surface area contributed by atoms with E-state index in [0.29, 0.717) is 0 Å². The van der Waals surface area contributed by atoms with E-state index < -0.39 is 0 Å². The second kappa shape index (κ2) is 9.22. The predicted molar refractivity (Wildman–Crippen MR) is 188 cm³/mol. The Kier molecular flexibility index (Phi) is 5.00. The summed E-state index contributed by atoms with van der Waals surface area (Å²) in [6.45, 7) is 0. The van der Waals surface area contributed by atoms with E-state index in [9.17, 15) is 0 Å². The number of benzene rings is 8. The molecule has 0 aliphatic carbocycles. The van der Waals surface area contributed by atoms with Crippen LogP contribution in [0.5, 0.6) is 0 Å². The van der Waals surface area contributed by atoms with Gasteiger partial charge in [0, 0.05) is 38.0 Å². The fourth-order valence-electron chi connectivity index (χ4n) is 7.17. The van der Waals surface area contributed by atoms with E-state index in [0.717, 1.165) is 66.3 Å². The van der Waals surface area contributed by atoms with Gasteiger partial charge in [-0.2, -0.15) is 0 Å². The van der Waals surface area contributed by atoms with Crippen LogP contribution in [0.15, 0.2) is 160 Å². The zero-order valence-electron chi connectivity index (χ0n) is 24.2. The van der Waals surface area contributed by atoms with Crippen molar-refractivity contribution < 1.29 is 8.83 Å². The molecule has 3 heteroatoms. The maximum atomic E-state index is 6.90. The van der Waals surface area contributed by atoms with Gasteiger partial charge in [-0.1, -0.05) is 109 Å². The molecular weight excluding hydrogens is 550 g/mol. The van der Waals surface area contributed by atoms with Crippen molar-refractivity contribution in [2.24, 2.45) is 0 Å². The number of hydrogen-bond donors (Lipinski definition) is 0. The molecule has 0 amide bonds. The molecule has 10 aromatic rings. The summed E-state index contributed by atoms with van der Waals surface area (Å²) < 4.78 is 13.1. The van der Waals surface area contributed by atoms with Gasteiger partial charge in [-0.15, -0.1) is 0 Å². The van der Waals surface area contributed by atoms with Gasteiger partial charge in [0.15, 0.2) is 5.58 Å². The van der Waals surface area contributed by atoms with Gasteiger partial charge in [-0.3, -0.25) is 0 Å². The molecule has 0 N–H and O–H groups in total. The van der Waals surface area contributed by atoms with Gasteiger partial charge in [0.05, 0.1) is 11.4 Å². The van der Waals surface area contributed by atoms with Crippen molar-refractivity contribution in [3.8, 4) is 0 Å². The van der Waals surface area contributed by atoms with E-state index in [-0.39, 0.29) is 0 Å². The fraction of sp³-hybridized carbons (Fsp3) is 0. The number of para-hydroxylation sites is 2. The SMILES string of the molecule is c1ccc2c(c1)cc(N(c1ccc3oc4ccccc4c3c1)c1cccc3c1oc1c4ccccc4ccc31)c1ccccc12. The van der Waals surface area contributed by atoms with Gasteiger partial charge in [-0.05, 0) is 64.0 Å². The van der Waals surface area contributed by atoms with Crippen LogP contribution in [-0.4, -0.2) is 0 Å². The van der Waals surface area contributed by atoms with Gasteiger partial charge in [0.1, 0.15) is 16.7 Å². The first kappa shape index (κ1) is 24.4. The summed E-state index contributed by atoms with van der Waals surface area (Å²) in [7, 11) is 0. The molecule has 0 saturated carbocycles. The highest BCUT2D eigenvalue weighted by Gasteiger charge is 2.23. The highest BCUT2D eigenvalue weighted by atomic mass is 16.3. The number of fused-ring (bicyclic) bond motifs is 11. The lowest BCUT2D eigenvalue weighted by Crippen LogP contribution is -2.11. The van der Waals surface area contributed by atoms with E-state index >= 15 is 0 Å². The largest absolute Gasteiger partial charge is 0.456 e. The fourth-order valence-corrected chi connectivity index (χ4v) is 7.17. The van der Waals surface area contributed by atoms with Gasteiger partial charge in [0.2, 0.25) is 0 Å². The maximum absolute atomic E-state index is 6.90. The summed E-state index contributed by atoms with van der Waals surface area (Å²) in [6, 6.07) is 53.7. The van der Waals surface area contributed by atoms with E-state index in [1.54, 1.807) is 0 Å². The zero-order valence-corrected chi connectivity index (χ0v) is 24.2. The Morgan fingerprint density at radius 3 is 1.89 bits per heavy atom. The third kappa shape index (κ3) is 3.52. The van der Waals surface area contributed by atoms with E-state index in [4.69, 9.17) is 8.83 Å². The molecule has 0 saturated heterocycles. The average Bonchev–Trinajstić information content (AvgIpc) is 3.67. The van der Waals surface area contributed by atoms with Crippen LogP contribution in [0.2, 0.25) is 0 Å². The van der Waals surface area contributed by atoms with Gasteiger partial charge < -0.3 is 13.7 Å². The molecule has 0 bridgehead atoms. The minimum absolute atomic E-state index is 0.859. The summed E-state index contributed by atoms with van der Waals surface area (Å²) >= 11 is 0. The molecule has 0 spiro atoms. The first-order chi connectivity index (χ1) is 22.3. The number of furan rings is 2. The summed E-state index contributed by atoms with van der Waals surface area (Å²) in [4.78, 5) is 2.36. The lowest BCUT2D eigenvalue weighted by molar-refractivity contribution is 0.669. The van der Waals surface area contributed by atoms with E-state index in [1.165, 1.54) is 26.9 Å². The molecule has 0 aliphatic rings. The second-order valence-electron chi connectivity index (χ2n) is 11.7. The third-order valence-electron chi connectivity index (χ3n) is 9.21. The average molecular weight is 576 g/mol. The van der Waals surface area contributed by atoms with Crippen molar-refractivity contribution in [3.05, 3.63) is 152 Å². The Balaban J connectivity index is 1.34. The van der Waals surface area contributed by atoms with Gasteiger partial charge in [-0.25, -0.2) is 0 Å². The smallest absolute Gasteiger partial charge is 0.159 e. The number of anilines is 3. The molecule has 3 nitrogen and oxygen atoms in total. The van der Waals surface area contributed by atoms with Crippen LogP contribution in [0.1, 0.15) is 0 Å². The standard InChI is InChI=1S/C42H25NO2/c1-4-13-30-26(10-1)20-22-35-34-17-9-18-37(42(34)45-41(30)35)43(28-21-23-40-36(25-28)33-16-7-8-19-39(33)44-40)38-24-27-11-2-3-12-29(27)31-14-5-6-15-32(31)38/h1-25H. The molecule has 2 aromatic heterocycles. The molecule has 0 fully saturated rings. The van der Waals surface area contributed by atoms with Crippen LogP contribution in [0.3, 0.4) is 0 Å². The second-order valence-corrected chi connectivity index (χ2v) is 11.7. The van der Waals surface area contributed by atoms with E-state index in [2.05, 4.69) is 144 Å². The van der Waals surface area contributed by atoms with Crippen LogP contribution < -0.4 is 4.90 Å². The van der Waals surface area contributed by atoms with Crippen molar-refractivity contribution in [1.82, 2.24) is 0 Å². The quantitative estimate of drug-likeness (QED) is 0.196. The Morgan fingerprint density at radius 2 is 1.00 bits per heavy atom. The molecule has 0 atom stereocenters. The lowest BCUT2D eigenvalue weighted by atomic mass is 9.98. The normalized spacial score (nSPS) is 12.0. The highest BCUT2D eigenvalue weighted by molar-refractivity contribution is 6.20. The van der Waals surface area contributed by atoms with Crippen molar-refractivity contribution >= 4 is 93.3 Å². The van der Waals surface area contributed by atoms with Crippen LogP contribution >= 0.6 is 0 Å². The molecule has 10 rings (SSSR count). The topological polar surface area (TPSA) is 29.5 Å². The molecule has 0 unspecified atom stereocenters. The molecule has 210 valence electrons. The Hall–Kier alpha value is -6.06.